The van der Waals surface area contributed by atoms with Gasteiger partial charge in [-0.2, -0.15) is 5.10 Å². The number of likely N-dealkylation sites (N-methyl/N-ethyl adjacent to an activating group) is 1. The number of hydrogen-bond donors (Lipinski definition) is 6. The predicted molar refractivity (Wildman–Crippen MR) is 385 cm³/mol. The summed E-state index contributed by atoms with van der Waals surface area (Å²) >= 11 is 1.42. The minimum Gasteiger partial charge on any atom is -0.476 e. The number of carbonyl (C=O) groups excluding carboxylic acids is 8. The summed E-state index contributed by atoms with van der Waals surface area (Å²) in [5, 5.41) is 29.9. The van der Waals surface area contributed by atoms with E-state index in [0.29, 0.717) is 105 Å². The Morgan fingerprint density at radius 2 is 1.38 bits per heavy atom. The van der Waals surface area contributed by atoms with E-state index in [0.717, 1.165) is 70.5 Å². The molecule has 4 atom stereocenters. The zero-order valence-corrected chi connectivity index (χ0v) is 60.5. The molecule has 6 aromatic rings. The molecule has 0 radical (unpaired) electrons. The van der Waals surface area contributed by atoms with Gasteiger partial charge in [-0.15, -0.1) is 0 Å². The first-order chi connectivity index (χ1) is 49.9. The van der Waals surface area contributed by atoms with E-state index in [1.165, 1.54) is 42.2 Å². The maximum absolute atomic E-state index is 13.8. The average molecular weight is 1450 g/mol. The molecule has 2 aliphatic heterocycles. The molecule has 0 saturated heterocycles. The fourth-order valence-electron chi connectivity index (χ4n) is 16.0. The lowest BCUT2D eigenvalue weighted by Gasteiger charge is -2.69. The summed E-state index contributed by atoms with van der Waals surface area (Å²) in [5.41, 5.74) is 5.85. The Hall–Kier alpha value is -9.52. The Labute approximate surface area is 607 Å². The normalized spacial score (nSPS) is 20.6. The first kappa shape index (κ1) is 75.6. The van der Waals surface area contributed by atoms with Crippen LogP contribution in [0.5, 0.6) is 0 Å². The molecule has 5 heterocycles. The number of nitrogens with zero attached hydrogens (tertiary/aromatic N) is 7. The molecular formula is C75H92N12O16S. The highest BCUT2D eigenvalue weighted by Crippen LogP contribution is 2.72. The quantitative estimate of drug-likeness (QED) is 0.0163. The smallest absolute Gasteiger partial charge is 0.409 e. The number of carboxylic acids is 1. The largest absolute Gasteiger partial charge is 0.476 e. The number of carbonyl (C=O) groups is 9. The number of hydrogen-bond acceptors (Lipinski definition) is 20. The molecule has 12 rings (SSSR count). The van der Waals surface area contributed by atoms with Gasteiger partial charge < -0.3 is 64.6 Å². The Morgan fingerprint density at radius 1 is 0.702 bits per heavy atom. The summed E-state index contributed by atoms with van der Waals surface area (Å²) in [4.78, 5) is 128. The first-order valence-electron chi connectivity index (χ1n) is 35.3. The van der Waals surface area contributed by atoms with E-state index in [-0.39, 0.29) is 92.7 Å². The van der Waals surface area contributed by atoms with Crippen molar-refractivity contribution < 1.29 is 76.7 Å². The molecule has 3 aromatic heterocycles. The Morgan fingerprint density at radius 3 is 2.09 bits per heavy atom. The molecule has 4 aliphatic carbocycles. The molecule has 8 amide bonds. The van der Waals surface area contributed by atoms with Gasteiger partial charge in [0.05, 0.1) is 81.5 Å². The van der Waals surface area contributed by atoms with Crippen LogP contribution in [0.2, 0.25) is 0 Å². The number of ether oxygens (including phenoxy) is 6. The molecule has 2 unspecified atom stereocenters. The van der Waals surface area contributed by atoms with Gasteiger partial charge in [0.2, 0.25) is 23.6 Å². The van der Waals surface area contributed by atoms with Crippen molar-refractivity contribution in [2.45, 2.75) is 130 Å². The van der Waals surface area contributed by atoms with E-state index in [2.05, 4.69) is 45.4 Å². The van der Waals surface area contributed by atoms with Crippen LogP contribution in [0.15, 0.2) is 97.2 Å². The summed E-state index contributed by atoms with van der Waals surface area (Å²) in [6.45, 7) is 14.4. The monoisotopic (exact) mass is 1450 g/mol. The number of anilines is 3. The second kappa shape index (κ2) is 33.5. The van der Waals surface area contributed by atoms with Crippen molar-refractivity contribution >= 4 is 91.6 Å². The Bertz CT molecular complexity index is 4130. The van der Waals surface area contributed by atoms with Crippen LogP contribution in [-0.4, -0.2) is 198 Å². The maximum atomic E-state index is 13.8. The number of aromatic nitrogens is 4. The minimum absolute atomic E-state index is 0.000795. The van der Waals surface area contributed by atoms with Gasteiger partial charge in [0, 0.05) is 99.4 Å². The van der Waals surface area contributed by atoms with Gasteiger partial charge in [-0.3, -0.25) is 48.5 Å². The SMILES string of the molecule is Cc1c(-c2ccc(N3CCc4cccc(C(=O)Nc5nc6ccccc6s5)c4C3)nc2C(=O)O)cnn1CC12CC3(C)CC(C)(C1)CC(OCCN(C)C(=O)OCc1ccc(NC(=O)[C@H](C)NC(=O)[C@H](C)NC(=O)CCOCCOCCOCCOCCNC(=O)CCN4C(=O)C=CC4=O)cc1)(C3)C2. The lowest BCUT2D eigenvalue weighted by atomic mass is 9.39. The van der Waals surface area contributed by atoms with Crippen molar-refractivity contribution in [3.8, 4) is 11.1 Å². The predicted octanol–water partition coefficient (Wildman–Crippen LogP) is 7.62. The standard InChI is InChI=1S/C75H92N12O16S/c1-48(78-62(89)24-29-98-32-34-100-36-37-101-35-33-99-30-25-76-61(88)23-27-86-63(90)20-21-64(86)91)66(92)79-49(2)67(93)80-53-16-14-51(15-17-53)40-102-71(97)84(6)28-31-103-75-44-72(4)41-73(5,45-75)43-74(42-72,46-75)47-87-50(3)56(38-77-87)54-18-19-60(82-65(54)69(95)96)85-26-22-52-10-9-11-55(57(52)39-85)68(94)83-70-81-58-12-7-8-13-59(58)104-70/h7-21,38,48-49H,22-37,39-47H2,1-6H3,(H,76,88)(H,78,89)(H,79,92)(H,80,93)(H,95,96)(H,81,83,94)/t48-,49-,72?,73?,74?,75?/m0/s1. The number of pyridine rings is 1. The highest BCUT2D eigenvalue weighted by molar-refractivity contribution is 7.22. The average Bonchev–Trinajstić information content (AvgIpc) is 0.841. The molecule has 104 heavy (non-hydrogen) atoms. The van der Waals surface area contributed by atoms with Gasteiger partial charge in [0.25, 0.3) is 17.7 Å². The van der Waals surface area contributed by atoms with E-state index in [4.69, 9.17) is 38.5 Å². The number of para-hydroxylation sites is 1. The van der Waals surface area contributed by atoms with Gasteiger partial charge in [-0.25, -0.2) is 19.6 Å². The van der Waals surface area contributed by atoms with E-state index < -0.39 is 59.3 Å². The summed E-state index contributed by atoms with van der Waals surface area (Å²) in [6.07, 6.45) is 9.97. The van der Waals surface area contributed by atoms with Crippen LogP contribution in [-0.2, 0) is 83.3 Å². The molecule has 29 heteroatoms. The second-order valence-electron chi connectivity index (χ2n) is 28.6. The Kier molecular flexibility index (Phi) is 24.4. The van der Waals surface area contributed by atoms with E-state index in [9.17, 15) is 48.3 Å². The molecule has 4 saturated carbocycles. The number of rotatable bonds is 36. The number of aromatic carboxylic acids is 1. The molecule has 0 spiro atoms. The number of imide groups is 1. The first-order valence-corrected chi connectivity index (χ1v) is 36.1. The zero-order chi connectivity index (χ0) is 73.8. The molecule has 6 N–H and O–H groups in total. The van der Waals surface area contributed by atoms with Crippen molar-refractivity contribution in [3.63, 3.8) is 0 Å². The number of carboxylic acid groups (broad SMARTS) is 1. The molecule has 28 nitrogen and oxygen atoms in total. The molecule has 4 bridgehead atoms. The van der Waals surface area contributed by atoms with Crippen LogP contribution in [0.1, 0.15) is 122 Å². The van der Waals surface area contributed by atoms with Crippen LogP contribution < -0.4 is 31.5 Å². The number of amides is 8. The minimum atomic E-state index is -1.15. The summed E-state index contributed by atoms with van der Waals surface area (Å²) in [6, 6.07) is 22.1. The van der Waals surface area contributed by atoms with Gasteiger partial charge >= 0.3 is 12.1 Å². The third-order valence-electron chi connectivity index (χ3n) is 19.8. The number of benzene rings is 3. The van der Waals surface area contributed by atoms with Crippen molar-refractivity contribution in [1.82, 2.24) is 45.5 Å². The van der Waals surface area contributed by atoms with Gasteiger partial charge in [0.15, 0.2) is 10.8 Å². The van der Waals surface area contributed by atoms with Gasteiger partial charge in [-0.1, -0.05) is 61.6 Å². The molecular weight excluding hydrogens is 1360 g/mol. The number of thiazole rings is 1. The third-order valence-corrected chi connectivity index (χ3v) is 20.8. The van der Waals surface area contributed by atoms with Crippen LogP contribution in [0.3, 0.4) is 0 Å². The summed E-state index contributed by atoms with van der Waals surface area (Å²) in [7, 11) is 1.68. The topological polar surface area (TPSA) is 343 Å². The van der Waals surface area contributed by atoms with Crippen molar-refractivity contribution in [2.75, 3.05) is 108 Å². The molecule has 3 aromatic carbocycles. The van der Waals surface area contributed by atoms with E-state index >= 15 is 0 Å². The summed E-state index contributed by atoms with van der Waals surface area (Å²) in [5.74, 6) is -3.50. The lowest BCUT2D eigenvalue weighted by molar-refractivity contribution is -0.248. The van der Waals surface area contributed by atoms with Gasteiger partial charge in [0.1, 0.15) is 24.5 Å². The number of fused-ring (bicyclic) bond motifs is 2. The third kappa shape index (κ3) is 19.1. The van der Waals surface area contributed by atoms with E-state index in [1.54, 1.807) is 37.5 Å². The highest BCUT2D eigenvalue weighted by atomic mass is 32.1. The number of nitrogens with one attached hydrogen (secondary N) is 5. The van der Waals surface area contributed by atoms with Crippen molar-refractivity contribution in [1.29, 1.82) is 0 Å². The Balaban J connectivity index is 0.564. The second-order valence-corrected chi connectivity index (χ2v) is 29.6. The summed E-state index contributed by atoms with van der Waals surface area (Å²) < 4.78 is 37.6. The van der Waals surface area contributed by atoms with Crippen LogP contribution >= 0.6 is 11.3 Å². The molecule has 4 fully saturated rings. The van der Waals surface area contributed by atoms with Gasteiger partial charge in [-0.05, 0) is 141 Å². The van der Waals surface area contributed by atoms with Crippen LogP contribution in [0.4, 0.5) is 21.4 Å². The lowest BCUT2D eigenvalue weighted by Crippen LogP contribution is -2.64. The van der Waals surface area contributed by atoms with Crippen LogP contribution in [0, 0.1) is 23.2 Å². The van der Waals surface area contributed by atoms with E-state index in [1.807, 2.05) is 71.1 Å². The molecule has 6 aliphatic rings. The molecule has 554 valence electrons. The maximum Gasteiger partial charge on any atom is 0.409 e. The highest BCUT2D eigenvalue weighted by Gasteiger charge is 2.66. The fourth-order valence-corrected chi connectivity index (χ4v) is 16.9. The van der Waals surface area contributed by atoms with Crippen molar-refractivity contribution in [3.05, 3.63) is 131 Å². The van der Waals surface area contributed by atoms with Crippen molar-refractivity contribution in [2.24, 2.45) is 16.2 Å². The fraction of sp³-hybridized carbons (Fsp3) is 0.493. The van der Waals surface area contributed by atoms with Crippen LogP contribution in [0.25, 0.3) is 21.3 Å². The zero-order valence-electron chi connectivity index (χ0n) is 59.7.